The van der Waals surface area contributed by atoms with Gasteiger partial charge in [0.05, 0.1) is 22.7 Å². The van der Waals surface area contributed by atoms with Crippen LogP contribution >= 0.6 is 11.6 Å². The van der Waals surface area contributed by atoms with Gasteiger partial charge in [0.2, 0.25) is 0 Å². The van der Waals surface area contributed by atoms with Crippen LogP contribution in [0.15, 0.2) is 48.5 Å². The summed E-state index contributed by atoms with van der Waals surface area (Å²) in [5.74, 6) is 0. The molecule has 0 aliphatic heterocycles. The number of nitriles is 1. The first-order chi connectivity index (χ1) is 10.3. The van der Waals surface area contributed by atoms with E-state index in [1.54, 1.807) is 12.1 Å². The van der Waals surface area contributed by atoms with Crippen molar-refractivity contribution in [1.29, 1.82) is 5.26 Å². The van der Waals surface area contributed by atoms with E-state index >= 15 is 0 Å². The van der Waals surface area contributed by atoms with E-state index in [9.17, 15) is 0 Å². The van der Waals surface area contributed by atoms with E-state index in [-0.39, 0.29) is 0 Å². The zero-order chi connectivity index (χ0) is 14.7. The summed E-state index contributed by atoms with van der Waals surface area (Å²) in [5, 5.41) is 9.14. The predicted octanol–water partition coefficient (Wildman–Crippen LogP) is 4.33. The zero-order valence-corrected chi connectivity index (χ0v) is 11.7. The Morgan fingerprint density at radius 3 is 2.24 bits per heavy atom. The van der Waals surface area contributed by atoms with E-state index in [1.807, 2.05) is 48.6 Å². The topological polar surface area (TPSA) is 49.6 Å². The van der Waals surface area contributed by atoms with Crippen molar-refractivity contribution in [2.45, 2.75) is 0 Å². The Bertz CT molecular complexity index is 861. The molecule has 100 valence electrons. The van der Waals surface area contributed by atoms with Crippen LogP contribution in [0.5, 0.6) is 0 Å². The molecule has 0 atom stereocenters. The van der Waals surface area contributed by atoms with Gasteiger partial charge in [0.25, 0.3) is 0 Å². The molecule has 0 aliphatic rings. The number of fused-ring (bicyclic) bond motifs is 1. The van der Waals surface area contributed by atoms with E-state index in [4.69, 9.17) is 16.9 Å². The fraction of sp³-hybridized carbons (Fsp3) is 0. The summed E-state index contributed by atoms with van der Waals surface area (Å²) in [6.07, 6.45) is 3.72. The van der Waals surface area contributed by atoms with Crippen molar-refractivity contribution >= 4 is 34.8 Å². The lowest BCUT2D eigenvalue weighted by atomic mass is 10.1. The summed E-state index contributed by atoms with van der Waals surface area (Å²) in [6.45, 7) is 0. The van der Waals surface area contributed by atoms with Gasteiger partial charge in [-0.1, -0.05) is 41.9 Å². The van der Waals surface area contributed by atoms with Crippen LogP contribution in [0.3, 0.4) is 0 Å². The highest BCUT2D eigenvalue weighted by Gasteiger charge is 2.03. The largest absolute Gasteiger partial charge is 0.244 e. The standard InChI is InChI=1S/C17H10ClN3/c18-17-16(20-14-3-1-2-4-15(14)21-17)10-9-12-5-7-13(11-19)8-6-12/h1-10H/b10-9+. The number of hydrogen-bond donors (Lipinski definition) is 0. The number of benzene rings is 2. The first kappa shape index (κ1) is 13.3. The maximum Gasteiger partial charge on any atom is 0.155 e. The second-order valence-corrected chi connectivity index (χ2v) is 4.81. The van der Waals surface area contributed by atoms with E-state index in [1.165, 1.54) is 0 Å². The molecule has 0 fully saturated rings. The van der Waals surface area contributed by atoms with Gasteiger partial charge in [0.15, 0.2) is 5.15 Å². The average molecular weight is 292 g/mol. The molecule has 21 heavy (non-hydrogen) atoms. The molecule has 3 rings (SSSR count). The van der Waals surface area contributed by atoms with Crippen molar-refractivity contribution in [3.05, 3.63) is 70.5 Å². The van der Waals surface area contributed by atoms with E-state index in [0.717, 1.165) is 16.6 Å². The summed E-state index contributed by atoms with van der Waals surface area (Å²) in [6, 6.07) is 17.0. The van der Waals surface area contributed by atoms with Crippen LogP contribution in [0.25, 0.3) is 23.2 Å². The van der Waals surface area contributed by atoms with Crippen molar-refractivity contribution in [1.82, 2.24) is 9.97 Å². The zero-order valence-electron chi connectivity index (χ0n) is 11.0. The molecule has 0 saturated heterocycles. The van der Waals surface area contributed by atoms with Crippen LogP contribution < -0.4 is 0 Å². The summed E-state index contributed by atoms with van der Waals surface area (Å²) in [4.78, 5) is 8.81. The average Bonchev–Trinajstić information content (AvgIpc) is 2.53. The molecule has 0 amide bonds. The Balaban J connectivity index is 1.94. The molecule has 0 spiro atoms. The first-order valence-corrected chi connectivity index (χ1v) is 6.74. The SMILES string of the molecule is N#Cc1ccc(/C=C/c2nc3ccccc3nc2Cl)cc1. The summed E-state index contributed by atoms with van der Waals surface area (Å²) < 4.78 is 0. The lowest BCUT2D eigenvalue weighted by Gasteiger charge is -2.01. The molecule has 3 nitrogen and oxygen atoms in total. The Hall–Kier alpha value is -2.70. The Morgan fingerprint density at radius 2 is 1.57 bits per heavy atom. The van der Waals surface area contributed by atoms with Gasteiger partial charge in [-0.15, -0.1) is 0 Å². The van der Waals surface area contributed by atoms with Crippen LogP contribution in [-0.4, -0.2) is 9.97 Å². The molecule has 4 heteroatoms. The second kappa shape index (κ2) is 5.74. The smallest absolute Gasteiger partial charge is 0.155 e. The van der Waals surface area contributed by atoms with Crippen molar-refractivity contribution < 1.29 is 0 Å². The Labute approximate surface area is 127 Å². The van der Waals surface area contributed by atoms with Gasteiger partial charge in [-0.05, 0) is 35.9 Å². The fourth-order valence-electron chi connectivity index (χ4n) is 1.94. The lowest BCUT2D eigenvalue weighted by Crippen LogP contribution is -1.89. The van der Waals surface area contributed by atoms with Crippen LogP contribution in [0.4, 0.5) is 0 Å². The van der Waals surface area contributed by atoms with Crippen molar-refractivity contribution in [3.8, 4) is 6.07 Å². The van der Waals surface area contributed by atoms with Crippen LogP contribution in [0, 0.1) is 11.3 Å². The highest BCUT2D eigenvalue weighted by Crippen LogP contribution is 2.19. The molecule has 0 unspecified atom stereocenters. The Kier molecular flexibility index (Phi) is 3.63. The molecule has 0 aliphatic carbocycles. The molecule has 3 aromatic rings. The monoisotopic (exact) mass is 291 g/mol. The van der Waals surface area contributed by atoms with Gasteiger partial charge in [-0.3, -0.25) is 0 Å². The predicted molar refractivity (Wildman–Crippen MR) is 84.6 cm³/mol. The molecule has 0 bridgehead atoms. The van der Waals surface area contributed by atoms with Crippen molar-refractivity contribution in [3.63, 3.8) is 0 Å². The number of nitrogens with zero attached hydrogens (tertiary/aromatic N) is 3. The van der Waals surface area contributed by atoms with Crippen LogP contribution in [-0.2, 0) is 0 Å². The van der Waals surface area contributed by atoms with Gasteiger partial charge >= 0.3 is 0 Å². The summed E-state index contributed by atoms with van der Waals surface area (Å²) in [7, 11) is 0. The van der Waals surface area contributed by atoms with Crippen molar-refractivity contribution in [2.75, 3.05) is 0 Å². The maximum atomic E-state index is 8.77. The van der Waals surface area contributed by atoms with Gasteiger partial charge in [0, 0.05) is 0 Å². The van der Waals surface area contributed by atoms with Gasteiger partial charge in [0.1, 0.15) is 5.69 Å². The minimum Gasteiger partial charge on any atom is -0.244 e. The van der Waals surface area contributed by atoms with Gasteiger partial charge < -0.3 is 0 Å². The molecule has 0 saturated carbocycles. The number of rotatable bonds is 2. The molecule has 0 N–H and O–H groups in total. The number of aromatic nitrogens is 2. The van der Waals surface area contributed by atoms with Gasteiger partial charge in [-0.2, -0.15) is 5.26 Å². The molecule has 2 aromatic carbocycles. The van der Waals surface area contributed by atoms with E-state index in [0.29, 0.717) is 16.4 Å². The quantitative estimate of drug-likeness (QED) is 0.706. The number of hydrogen-bond acceptors (Lipinski definition) is 3. The molecule has 1 aromatic heterocycles. The fourth-order valence-corrected chi connectivity index (χ4v) is 2.14. The van der Waals surface area contributed by atoms with Gasteiger partial charge in [-0.25, -0.2) is 9.97 Å². The highest BCUT2D eigenvalue weighted by atomic mass is 35.5. The summed E-state index contributed by atoms with van der Waals surface area (Å²) >= 11 is 6.15. The number of para-hydroxylation sites is 2. The highest BCUT2D eigenvalue weighted by molar-refractivity contribution is 6.31. The lowest BCUT2D eigenvalue weighted by molar-refractivity contribution is 1.27. The second-order valence-electron chi connectivity index (χ2n) is 4.46. The molecular weight excluding hydrogens is 282 g/mol. The van der Waals surface area contributed by atoms with Crippen molar-refractivity contribution in [2.24, 2.45) is 0 Å². The third kappa shape index (κ3) is 2.91. The van der Waals surface area contributed by atoms with E-state index in [2.05, 4.69) is 16.0 Å². The van der Waals surface area contributed by atoms with Crippen LogP contribution in [0.1, 0.15) is 16.8 Å². The Morgan fingerprint density at radius 1 is 0.905 bits per heavy atom. The number of halogens is 1. The van der Waals surface area contributed by atoms with Crippen LogP contribution in [0.2, 0.25) is 5.15 Å². The minimum atomic E-state index is 0.374. The molecule has 0 radical (unpaired) electrons. The minimum absolute atomic E-state index is 0.374. The first-order valence-electron chi connectivity index (χ1n) is 6.37. The van der Waals surface area contributed by atoms with E-state index < -0.39 is 0 Å². The molecule has 1 heterocycles. The normalized spacial score (nSPS) is 10.9. The third-order valence-corrected chi connectivity index (χ3v) is 3.30. The summed E-state index contributed by atoms with van der Waals surface area (Å²) in [5.41, 5.74) is 3.81. The molecular formula is C17H10ClN3. The third-order valence-electron chi connectivity index (χ3n) is 3.03. The maximum absolute atomic E-state index is 8.77.